The van der Waals surface area contributed by atoms with E-state index in [0.717, 1.165) is 5.56 Å². The molecule has 1 amide bonds. The number of nitrogens with zero attached hydrogens (tertiary/aromatic N) is 2. The minimum atomic E-state index is -1.07. The third kappa shape index (κ3) is 6.33. The van der Waals surface area contributed by atoms with Gasteiger partial charge in [-0.25, -0.2) is 4.39 Å². The molecule has 0 fully saturated rings. The SMILES string of the molecule is O=C(N[C@@H](CO)C(=O)Cc1cccc(-c2ccc(Oc3ccc(F)cc3)cc2)n1)c1ccccn1. The first-order valence-corrected chi connectivity index (χ1v) is 10.9. The molecule has 7 nitrogen and oxygen atoms in total. The van der Waals surface area contributed by atoms with E-state index in [2.05, 4.69) is 15.3 Å². The van der Waals surface area contributed by atoms with E-state index in [-0.39, 0.29) is 23.7 Å². The summed E-state index contributed by atoms with van der Waals surface area (Å²) in [6.07, 6.45) is 1.41. The number of benzene rings is 2. The number of aromatic nitrogens is 2. The minimum absolute atomic E-state index is 0.0622. The van der Waals surface area contributed by atoms with Crippen LogP contribution in [0.4, 0.5) is 4.39 Å². The molecule has 0 aliphatic carbocycles. The fourth-order valence-electron chi connectivity index (χ4n) is 3.33. The second kappa shape index (κ2) is 11.1. The molecule has 0 bridgehead atoms. The third-order valence-electron chi connectivity index (χ3n) is 5.14. The zero-order valence-electron chi connectivity index (χ0n) is 18.6. The average Bonchev–Trinajstić information content (AvgIpc) is 2.89. The molecule has 2 aromatic carbocycles. The number of rotatable bonds is 9. The van der Waals surface area contributed by atoms with Crippen LogP contribution in [0, 0.1) is 5.82 Å². The number of carbonyl (C=O) groups is 2. The van der Waals surface area contributed by atoms with Crippen LogP contribution in [0.3, 0.4) is 0 Å². The maximum Gasteiger partial charge on any atom is 0.270 e. The highest BCUT2D eigenvalue weighted by atomic mass is 19.1. The van der Waals surface area contributed by atoms with E-state index >= 15 is 0 Å². The highest BCUT2D eigenvalue weighted by Gasteiger charge is 2.22. The van der Waals surface area contributed by atoms with E-state index < -0.39 is 18.6 Å². The van der Waals surface area contributed by atoms with Crippen molar-refractivity contribution >= 4 is 11.7 Å². The number of hydrogen-bond acceptors (Lipinski definition) is 6. The lowest BCUT2D eigenvalue weighted by Crippen LogP contribution is -2.44. The molecule has 176 valence electrons. The average molecular weight is 471 g/mol. The molecule has 4 aromatic rings. The standard InChI is InChI=1S/C27H22FN3O4/c28-19-9-13-22(14-10-19)35-21-11-7-18(8-12-21)23-6-3-4-20(30-23)16-26(33)25(17-32)31-27(34)24-5-1-2-15-29-24/h1-15,25,32H,16-17H2,(H,31,34)/t25-/m0/s1. The number of Topliss-reactive ketones (excluding diaryl/α,β-unsaturated/α-hetero) is 1. The highest BCUT2D eigenvalue weighted by Crippen LogP contribution is 2.25. The third-order valence-corrected chi connectivity index (χ3v) is 5.14. The monoisotopic (exact) mass is 471 g/mol. The van der Waals surface area contributed by atoms with Gasteiger partial charge < -0.3 is 15.2 Å². The second-order valence-electron chi connectivity index (χ2n) is 7.66. The van der Waals surface area contributed by atoms with Crippen molar-refractivity contribution in [2.75, 3.05) is 6.61 Å². The van der Waals surface area contributed by atoms with Crippen molar-refractivity contribution in [2.45, 2.75) is 12.5 Å². The Bertz CT molecular complexity index is 1300. The quantitative estimate of drug-likeness (QED) is 0.383. The van der Waals surface area contributed by atoms with E-state index in [4.69, 9.17) is 4.74 Å². The number of aliphatic hydroxyl groups is 1. The molecule has 0 saturated carbocycles. The lowest BCUT2D eigenvalue weighted by molar-refractivity contribution is -0.121. The van der Waals surface area contributed by atoms with E-state index in [1.54, 1.807) is 48.5 Å². The van der Waals surface area contributed by atoms with Gasteiger partial charge in [0, 0.05) is 17.5 Å². The molecule has 2 aromatic heterocycles. The summed E-state index contributed by atoms with van der Waals surface area (Å²) in [6, 6.07) is 22.0. The van der Waals surface area contributed by atoms with Gasteiger partial charge in [0.05, 0.1) is 18.7 Å². The number of pyridine rings is 2. The van der Waals surface area contributed by atoms with Crippen LogP contribution in [0.15, 0.2) is 91.1 Å². The number of nitrogens with one attached hydrogen (secondary N) is 1. The number of aliphatic hydroxyl groups excluding tert-OH is 1. The number of halogens is 1. The Morgan fingerprint density at radius 2 is 1.63 bits per heavy atom. The number of ether oxygens (including phenoxy) is 1. The molecule has 0 radical (unpaired) electrons. The lowest BCUT2D eigenvalue weighted by Gasteiger charge is -2.15. The molecular formula is C27H22FN3O4. The number of ketones is 1. The molecule has 4 rings (SSSR count). The predicted molar refractivity (Wildman–Crippen MR) is 127 cm³/mol. The van der Waals surface area contributed by atoms with Crippen molar-refractivity contribution < 1.29 is 23.8 Å². The van der Waals surface area contributed by atoms with Gasteiger partial charge in [0.15, 0.2) is 5.78 Å². The van der Waals surface area contributed by atoms with Gasteiger partial charge in [0.2, 0.25) is 0 Å². The summed E-state index contributed by atoms with van der Waals surface area (Å²) in [5.74, 6) is -0.141. The summed E-state index contributed by atoms with van der Waals surface area (Å²) >= 11 is 0. The van der Waals surface area contributed by atoms with Crippen LogP contribution < -0.4 is 10.1 Å². The number of amides is 1. The summed E-state index contributed by atoms with van der Waals surface area (Å²) < 4.78 is 18.8. The largest absolute Gasteiger partial charge is 0.457 e. The van der Waals surface area contributed by atoms with E-state index in [9.17, 15) is 19.1 Å². The van der Waals surface area contributed by atoms with Crippen molar-refractivity contribution in [1.82, 2.24) is 15.3 Å². The summed E-state index contributed by atoms with van der Waals surface area (Å²) in [4.78, 5) is 33.5. The van der Waals surface area contributed by atoms with E-state index in [1.165, 1.54) is 24.4 Å². The normalized spacial score (nSPS) is 11.5. The van der Waals surface area contributed by atoms with Gasteiger partial charge in [-0.3, -0.25) is 19.6 Å². The molecule has 0 saturated heterocycles. The second-order valence-corrected chi connectivity index (χ2v) is 7.66. The summed E-state index contributed by atoms with van der Waals surface area (Å²) in [6.45, 7) is -0.535. The van der Waals surface area contributed by atoms with Crippen LogP contribution in [-0.4, -0.2) is 39.4 Å². The van der Waals surface area contributed by atoms with Crippen molar-refractivity contribution in [3.63, 3.8) is 0 Å². The van der Waals surface area contributed by atoms with Gasteiger partial charge in [0.1, 0.15) is 29.1 Å². The molecule has 0 aliphatic heterocycles. The predicted octanol–water partition coefficient (Wildman–Crippen LogP) is 3.98. The van der Waals surface area contributed by atoms with Crippen LogP contribution >= 0.6 is 0 Å². The molecule has 0 spiro atoms. The van der Waals surface area contributed by atoms with Gasteiger partial charge in [-0.05, 0) is 72.8 Å². The van der Waals surface area contributed by atoms with Gasteiger partial charge in [-0.15, -0.1) is 0 Å². The molecule has 1 atom stereocenters. The fourth-order valence-corrected chi connectivity index (χ4v) is 3.33. The fraction of sp³-hybridized carbons (Fsp3) is 0.111. The first-order valence-electron chi connectivity index (χ1n) is 10.9. The smallest absolute Gasteiger partial charge is 0.270 e. The Morgan fingerprint density at radius 1 is 0.914 bits per heavy atom. The van der Waals surface area contributed by atoms with Gasteiger partial charge in [-0.2, -0.15) is 0 Å². The zero-order chi connectivity index (χ0) is 24.6. The summed E-state index contributed by atoms with van der Waals surface area (Å²) in [5, 5.41) is 12.2. The van der Waals surface area contributed by atoms with Gasteiger partial charge >= 0.3 is 0 Å². The molecule has 2 heterocycles. The van der Waals surface area contributed by atoms with Crippen LogP contribution in [0.25, 0.3) is 11.3 Å². The van der Waals surface area contributed by atoms with Crippen LogP contribution in [0.1, 0.15) is 16.2 Å². The van der Waals surface area contributed by atoms with Crippen LogP contribution in [0.2, 0.25) is 0 Å². The van der Waals surface area contributed by atoms with E-state index in [0.29, 0.717) is 22.9 Å². The Balaban J connectivity index is 1.41. The highest BCUT2D eigenvalue weighted by molar-refractivity contribution is 5.97. The van der Waals surface area contributed by atoms with Crippen molar-refractivity contribution in [1.29, 1.82) is 0 Å². The molecule has 2 N–H and O–H groups in total. The number of carbonyl (C=O) groups excluding carboxylic acids is 2. The number of hydrogen-bond donors (Lipinski definition) is 2. The molecule has 0 unspecified atom stereocenters. The zero-order valence-corrected chi connectivity index (χ0v) is 18.6. The van der Waals surface area contributed by atoms with Crippen molar-refractivity contribution in [3.8, 4) is 22.8 Å². The van der Waals surface area contributed by atoms with Crippen LogP contribution in [-0.2, 0) is 11.2 Å². The van der Waals surface area contributed by atoms with Gasteiger partial charge in [0.25, 0.3) is 5.91 Å². The maximum atomic E-state index is 13.1. The summed E-state index contributed by atoms with van der Waals surface area (Å²) in [7, 11) is 0. The minimum Gasteiger partial charge on any atom is -0.457 e. The molecule has 35 heavy (non-hydrogen) atoms. The van der Waals surface area contributed by atoms with Gasteiger partial charge in [-0.1, -0.05) is 12.1 Å². The van der Waals surface area contributed by atoms with Crippen LogP contribution in [0.5, 0.6) is 11.5 Å². The topological polar surface area (TPSA) is 101 Å². The Labute approximate surface area is 201 Å². The molecule has 0 aliphatic rings. The maximum absolute atomic E-state index is 13.1. The Morgan fingerprint density at radius 3 is 2.29 bits per heavy atom. The van der Waals surface area contributed by atoms with E-state index in [1.807, 2.05) is 18.2 Å². The molecule has 8 heteroatoms. The Hall–Kier alpha value is -4.43. The Kier molecular flexibility index (Phi) is 7.54. The summed E-state index contributed by atoms with van der Waals surface area (Å²) in [5.41, 5.74) is 2.13. The lowest BCUT2D eigenvalue weighted by atomic mass is 10.1. The first kappa shape index (κ1) is 23.7. The van der Waals surface area contributed by atoms with Crippen molar-refractivity contribution in [2.24, 2.45) is 0 Å². The molecular weight excluding hydrogens is 449 g/mol. The van der Waals surface area contributed by atoms with Crippen molar-refractivity contribution in [3.05, 3.63) is 108 Å². The first-order chi connectivity index (χ1) is 17.0.